The second kappa shape index (κ2) is 20.1. The molecule has 0 atom stereocenters. The van der Waals surface area contributed by atoms with Crippen molar-refractivity contribution in [3.05, 3.63) is 267 Å². The largest absolute Gasteiger partial charge is 0.416 e. The minimum atomic E-state index is -4.55. The zero-order valence-electron chi connectivity index (χ0n) is 48.0. The summed E-state index contributed by atoms with van der Waals surface area (Å²) >= 11 is 0. The van der Waals surface area contributed by atoms with Gasteiger partial charge in [-0.05, 0) is 230 Å². The Bertz CT molecular complexity index is 4680. The third-order valence-corrected chi connectivity index (χ3v) is 16.9. The van der Waals surface area contributed by atoms with Gasteiger partial charge in [0, 0.05) is 27.1 Å². The summed E-state index contributed by atoms with van der Waals surface area (Å²) in [6.45, 7) is 27.3. The number of nitrogens with zero attached hydrogens (tertiary/aromatic N) is 3. The fourth-order valence-corrected chi connectivity index (χ4v) is 13.0. The number of fused-ring (bicyclic) bond motifs is 6. The van der Waals surface area contributed by atoms with E-state index in [1.54, 1.807) is 6.92 Å². The number of alkyl halides is 3. The van der Waals surface area contributed by atoms with E-state index in [2.05, 4.69) is 221 Å². The minimum Gasteiger partial charge on any atom is -0.309 e. The molecule has 0 aliphatic heterocycles. The van der Waals surface area contributed by atoms with Crippen LogP contribution >= 0.6 is 0 Å². The van der Waals surface area contributed by atoms with Crippen LogP contribution in [-0.2, 0) is 6.18 Å². The number of hydrogen-bond donors (Lipinski definition) is 0. The van der Waals surface area contributed by atoms with Crippen molar-refractivity contribution in [1.29, 1.82) is 0 Å². The van der Waals surface area contributed by atoms with Crippen LogP contribution in [0.1, 0.15) is 55.6 Å². The van der Waals surface area contributed by atoms with Crippen molar-refractivity contribution in [3.8, 4) is 78.1 Å². The van der Waals surface area contributed by atoms with Crippen LogP contribution in [0, 0.1) is 68.9 Å². The summed E-state index contributed by atoms with van der Waals surface area (Å²) in [4.78, 5) is 4.05. The van der Waals surface area contributed by atoms with E-state index in [1.807, 2.05) is 36.4 Å². The smallest absolute Gasteiger partial charge is 0.309 e. The Kier molecular flexibility index (Phi) is 12.7. The fourth-order valence-electron chi connectivity index (χ4n) is 13.0. The average molecular weight is 1080 g/mol. The van der Waals surface area contributed by atoms with Crippen LogP contribution in [-0.4, -0.2) is 9.13 Å². The molecule has 13 aromatic rings. The van der Waals surface area contributed by atoms with E-state index >= 15 is 0 Å². The molecule has 0 bridgehead atoms. The molecule has 0 unspecified atom stereocenters. The maximum Gasteiger partial charge on any atom is 0.416 e. The molecule has 2 heterocycles. The van der Waals surface area contributed by atoms with Crippen LogP contribution in [0.5, 0.6) is 0 Å². The van der Waals surface area contributed by atoms with E-state index < -0.39 is 11.7 Å². The molecule has 0 N–H and O–H groups in total. The lowest BCUT2D eigenvalue weighted by Gasteiger charge is -2.21. The molecule has 0 saturated heterocycles. The van der Waals surface area contributed by atoms with E-state index in [1.165, 1.54) is 67.8 Å². The molecule has 11 aromatic carbocycles. The Hall–Kier alpha value is -9.70. The van der Waals surface area contributed by atoms with Gasteiger partial charge in [0.15, 0.2) is 5.69 Å². The standard InChI is InChI=1S/C77H60F3N3/c1-44-11-21-61(49(6)31-44)54-16-26-71-66(38-54)67-39-55(62-22-12-45(2)32-50(62)7)17-27-72(67)82(71)75-30-20-60(81-10)43-70(75)65-25-15-53(58-35-48(5)36-59(37-58)77(78,79)80)42-76(65)83-73-28-18-56(63-23-13-46(3)33-51(63)8)40-68(73)69-41-57(19-29-74(69)83)64-24-14-47(4)34-52(64)9/h11-43H,1-9H3. The zero-order valence-corrected chi connectivity index (χ0v) is 48.0. The molecule has 404 valence electrons. The highest BCUT2D eigenvalue weighted by molar-refractivity contribution is 6.14. The Labute approximate surface area is 483 Å². The van der Waals surface area contributed by atoms with Crippen molar-refractivity contribution in [2.75, 3.05) is 0 Å². The third kappa shape index (κ3) is 9.27. The van der Waals surface area contributed by atoms with Crippen molar-refractivity contribution in [1.82, 2.24) is 9.13 Å². The van der Waals surface area contributed by atoms with Gasteiger partial charge in [-0.15, -0.1) is 0 Å². The lowest BCUT2D eigenvalue weighted by molar-refractivity contribution is -0.137. The number of benzene rings is 11. The summed E-state index contributed by atoms with van der Waals surface area (Å²) in [5.41, 5.74) is 27.0. The zero-order chi connectivity index (χ0) is 57.7. The molecule has 0 aliphatic carbocycles. The molecule has 6 heteroatoms. The highest BCUT2D eigenvalue weighted by Crippen LogP contribution is 2.47. The summed E-state index contributed by atoms with van der Waals surface area (Å²) in [6.07, 6.45) is -4.55. The van der Waals surface area contributed by atoms with Crippen LogP contribution in [0.4, 0.5) is 18.9 Å². The Morgan fingerprint density at radius 1 is 0.301 bits per heavy atom. The van der Waals surface area contributed by atoms with E-state index in [9.17, 15) is 13.2 Å². The van der Waals surface area contributed by atoms with Crippen LogP contribution in [0.15, 0.2) is 200 Å². The van der Waals surface area contributed by atoms with Gasteiger partial charge in [0.1, 0.15) is 0 Å². The van der Waals surface area contributed by atoms with E-state index in [0.29, 0.717) is 22.4 Å². The highest BCUT2D eigenvalue weighted by Gasteiger charge is 2.31. The summed E-state index contributed by atoms with van der Waals surface area (Å²) < 4.78 is 48.8. The van der Waals surface area contributed by atoms with Gasteiger partial charge >= 0.3 is 6.18 Å². The molecule has 2 aromatic heterocycles. The molecule has 0 fully saturated rings. The molecule has 0 amide bonds. The first-order valence-corrected chi connectivity index (χ1v) is 28.2. The van der Waals surface area contributed by atoms with Crippen LogP contribution in [0.2, 0.25) is 0 Å². The van der Waals surface area contributed by atoms with E-state index in [-0.39, 0.29) is 0 Å². The van der Waals surface area contributed by atoms with Crippen molar-refractivity contribution in [3.63, 3.8) is 0 Å². The summed E-state index contributed by atoms with van der Waals surface area (Å²) in [5.74, 6) is 0. The lowest BCUT2D eigenvalue weighted by atomic mass is 9.94. The minimum absolute atomic E-state index is 0.455. The number of aryl methyl sites for hydroxylation is 9. The van der Waals surface area contributed by atoms with Gasteiger partial charge in [-0.2, -0.15) is 13.2 Å². The number of halogens is 3. The lowest BCUT2D eigenvalue weighted by Crippen LogP contribution is -2.05. The quantitative estimate of drug-likeness (QED) is 0.135. The molecule has 0 spiro atoms. The second-order valence-electron chi connectivity index (χ2n) is 23.0. The maximum absolute atomic E-state index is 14.7. The SMILES string of the molecule is [C-]#[N+]c1ccc(-n2c3ccc(-c4ccc(C)cc4C)cc3c3cc(-c4ccc(C)cc4C)ccc32)c(-c2ccc(-c3cc(C)cc(C(F)(F)F)c3)cc2-n2c3ccc(-c4ccc(C)cc4C)cc3c3cc(-c4ccc(C)cc4C)ccc32)c1. The van der Waals surface area contributed by atoms with Gasteiger partial charge in [-0.3, -0.25) is 0 Å². The van der Waals surface area contributed by atoms with Crippen LogP contribution < -0.4 is 0 Å². The normalized spacial score (nSPS) is 11.8. The van der Waals surface area contributed by atoms with Gasteiger partial charge < -0.3 is 9.13 Å². The van der Waals surface area contributed by atoms with Crippen LogP contribution in [0.25, 0.3) is 127 Å². The first-order valence-electron chi connectivity index (χ1n) is 28.2. The van der Waals surface area contributed by atoms with E-state index in [4.69, 9.17) is 6.57 Å². The van der Waals surface area contributed by atoms with E-state index in [0.717, 1.165) is 99.5 Å². The van der Waals surface area contributed by atoms with Gasteiger partial charge in [-0.1, -0.05) is 144 Å². The van der Waals surface area contributed by atoms with Gasteiger partial charge in [-0.25, -0.2) is 4.85 Å². The molecule has 3 nitrogen and oxygen atoms in total. The average Bonchev–Trinajstić information content (AvgIpc) is 2.78. The van der Waals surface area contributed by atoms with Crippen molar-refractivity contribution >= 4 is 49.3 Å². The highest BCUT2D eigenvalue weighted by atomic mass is 19.4. The molecule has 0 saturated carbocycles. The molecular formula is C77H60F3N3. The van der Waals surface area contributed by atoms with Gasteiger partial charge in [0.05, 0.1) is 45.6 Å². The first-order chi connectivity index (χ1) is 39.9. The second-order valence-corrected chi connectivity index (χ2v) is 23.0. The Morgan fingerprint density at radius 3 is 1.05 bits per heavy atom. The first kappa shape index (κ1) is 52.7. The number of hydrogen-bond acceptors (Lipinski definition) is 0. The summed E-state index contributed by atoms with van der Waals surface area (Å²) in [7, 11) is 0. The Morgan fingerprint density at radius 2 is 0.675 bits per heavy atom. The van der Waals surface area contributed by atoms with Gasteiger partial charge in [0.2, 0.25) is 0 Å². The molecule has 83 heavy (non-hydrogen) atoms. The van der Waals surface area contributed by atoms with Crippen molar-refractivity contribution < 1.29 is 13.2 Å². The molecular weight excluding hydrogens is 1020 g/mol. The number of rotatable bonds is 8. The third-order valence-electron chi connectivity index (χ3n) is 16.9. The maximum atomic E-state index is 14.7. The van der Waals surface area contributed by atoms with Gasteiger partial charge in [0.25, 0.3) is 0 Å². The monoisotopic (exact) mass is 1080 g/mol. The topological polar surface area (TPSA) is 14.2 Å². The predicted octanol–water partition coefficient (Wildman–Crippen LogP) is 22.2. The molecule has 0 radical (unpaired) electrons. The number of aromatic nitrogens is 2. The fraction of sp³-hybridized carbons (Fsp3) is 0.130. The van der Waals surface area contributed by atoms with Crippen LogP contribution in [0.3, 0.4) is 0 Å². The summed E-state index contributed by atoms with van der Waals surface area (Å²) in [6, 6.07) is 69.4. The molecule has 0 aliphatic rings. The molecule has 13 rings (SSSR count). The van der Waals surface area contributed by atoms with Crippen molar-refractivity contribution in [2.24, 2.45) is 0 Å². The van der Waals surface area contributed by atoms with Crippen molar-refractivity contribution in [2.45, 2.75) is 68.5 Å². The predicted molar refractivity (Wildman–Crippen MR) is 342 cm³/mol. The summed E-state index contributed by atoms with van der Waals surface area (Å²) in [5, 5.41) is 4.24. The Balaban J connectivity index is 1.13.